The third kappa shape index (κ3) is 4.94. The number of ether oxygens (including phenoxy) is 1. The van der Waals surface area contributed by atoms with Crippen molar-refractivity contribution in [3.05, 3.63) is 10.3 Å². The number of rotatable bonds is 2. The number of amides is 1. The number of alkyl carbamates (subject to hydrolysis) is 1. The van der Waals surface area contributed by atoms with Gasteiger partial charge < -0.3 is 10.1 Å². The van der Waals surface area contributed by atoms with Crippen molar-refractivity contribution < 1.29 is 9.53 Å². The standard InChI is InChI=1S/C8H12ClN3O2S/c1-8(2,3)14-7(13)10-4-5-11-6(9)15-12-5/h4H2,1-3H3,(H,10,13). The Morgan fingerprint density at radius 1 is 1.60 bits per heavy atom. The van der Waals surface area contributed by atoms with E-state index in [1.165, 1.54) is 0 Å². The molecule has 1 amide bonds. The van der Waals surface area contributed by atoms with Crippen LogP contribution in [0.5, 0.6) is 0 Å². The number of aromatic nitrogens is 2. The second kappa shape index (κ2) is 4.76. The molecule has 1 rings (SSSR count). The number of carbonyl (C=O) groups excluding carboxylic acids is 1. The minimum Gasteiger partial charge on any atom is -0.444 e. The van der Waals surface area contributed by atoms with Crippen molar-refractivity contribution in [1.82, 2.24) is 14.7 Å². The maximum Gasteiger partial charge on any atom is 0.408 e. The summed E-state index contributed by atoms with van der Waals surface area (Å²) < 4.78 is 9.30. The van der Waals surface area contributed by atoms with Gasteiger partial charge in [-0.2, -0.15) is 4.37 Å². The van der Waals surface area contributed by atoms with Gasteiger partial charge in [-0.3, -0.25) is 0 Å². The summed E-state index contributed by atoms with van der Waals surface area (Å²) in [6.45, 7) is 5.61. The summed E-state index contributed by atoms with van der Waals surface area (Å²) in [5, 5.41) is 2.53. The molecule has 0 aliphatic rings. The van der Waals surface area contributed by atoms with Gasteiger partial charge in [-0.25, -0.2) is 9.78 Å². The first-order valence-electron chi connectivity index (χ1n) is 4.32. The minimum absolute atomic E-state index is 0.220. The smallest absolute Gasteiger partial charge is 0.408 e. The van der Waals surface area contributed by atoms with Gasteiger partial charge in [-0.1, -0.05) is 0 Å². The molecule has 0 bridgehead atoms. The summed E-state index contributed by atoms with van der Waals surface area (Å²) in [6.07, 6.45) is -0.492. The summed E-state index contributed by atoms with van der Waals surface area (Å²) in [6, 6.07) is 0. The number of halogens is 1. The number of nitrogens with one attached hydrogen (secondary N) is 1. The SMILES string of the molecule is CC(C)(C)OC(=O)NCc1nsc(Cl)n1. The van der Waals surface area contributed by atoms with Gasteiger partial charge in [0.2, 0.25) is 4.47 Å². The number of carbonyl (C=O) groups is 1. The van der Waals surface area contributed by atoms with E-state index in [-0.39, 0.29) is 6.54 Å². The second-order valence-corrected chi connectivity index (χ2v) is 5.15. The average Bonchev–Trinajstić information content (AvgIpc) is 2.45. The highest BCUT2D eigenvalue weighted by molar-refractivity contribution is 7.10. The van der Waals surface area contributed by atoms with E-state index in [1.54, 1.807) is 20.8 Å². The monoisotopic (exact) mass is 249 g/mol. The van der Waals surface area contributed by atoms with Crippen molar-refractivity contribution in [2.24, 2.45) is 0 Å². The molecule has 7 heteroatoms. The minimum atomic E-state index is -0.503. The highest BCUT2D eigenvalue weighted by Gasteiger charge is 2.16. The van der Waals surface area contributed by atoms with Crippen molar-refractivity contribution in [2.75, 3.05) is 0 Å². The zero-order valence-electron chi connectivity index (χ0n) is 8.70. The molecule has 0 spiro atoms. The predicted octanol–water partition coefficient (Wildman–Crippen LogP) is 2.22. The van der Waals surface area contributed by atoms with Crippen molar-refractivity contribution in [3.63, 3.8) is 0 Å². The molecule has 1 heterocycles. The van der Waals surface area contributed by atoms with Crippen LogP contribution in [0.3, 0.4) is 0 Å². The molecule has 0 saturated carbocycles. The molecule has 1 aromatic rings. The zero-order chi connectivity index (χ0) is 11.5. The quantitative estimate of drug-likeness (QED) is 0.873. The highest BCUT2D eigenvalue weighted by atomic mass is 35.5. The molecule has 15 heavy (non-hydrogen) atoms. The molecule has 0 saturated heterocycles. The molecule has 0 fully saturated rings. The van der Waals surface area contributed by atoms with E-state index in [0.29, 0.717) is 10.3 Å². The Morgan fingerprint density at radius 2 is 2.27 bits per heavy atom. The molecular formula is C8H12ClN3O2S. The number of nitrogens with zero attached hydrogens (tertiary/aromatic N) is 2. The maximum atomic E-state index is 11.2. The van der Waals surface area contributed by atoms with Crippen LogP contribution >= 0.6 is 23.1 Å². The fourth-order valence-electron chi connectivity index (χ4n) is 0.770. The first-order chi connectivity index (χ1) is 6.87. The second-order valence-electron chi connectivity index (χ2n) is 3.82. The van der Waals surface area contributed by atoms with Crippen LogP contribution in [0, 0.1) is 0 Å². The Balaban J connectivity index is 2.35. The van der Waals surface area contributed by atoms with Crippen LogP contribution < -0.4 is 5.32 Å². The number of hydrogen-bond donors (Lipinski definition) is 1. The Labute approximate surface area is 97.0 Å². The molecule has 0 atom stereocenters. The van der Waals surface area contributed by atoms with Gasteiger partial charge in [-0.05, 0) is 43.9 Å². The fourth-order valence-corrected chi connectivity index (χ4v) is 1.40. The Morgan fingerprint density at radius 3 is 2.73 bits per heavy atom. The van der Waals surface area contributed by atoms with Crippen molar-refractivity contribution in [1.29, 1.82) is 0 Å². The van der Waals surface area contributed by atoms with E-state index in [1.807, 2.05) is 0 Å². The van der Waals surface area contributed by atoms with Gasteiger partial charge in [0.25, 0.3) is 0 Å². The van der Waals surface area contributed by atoms with E-state index < -0.39 is 11.7 Å². The summed E-state index contributed by atoms with van der Waals surface area (Å²) >= 11 is 6.66. The molecule has 0 radical (unpaired) electrons. The van der Waals surface area contributed by atoms with E-state index >= 15 is 0 Å². The van der Waals surface area contributed by atoms with Crippen LogP contribution in [0.4, 0.5) is 4.79 Å². The van der Waals surface area contributed by atoms with Crippen molar-refractivity contribution in [2.45, 2.75) is 32.9 Å². The molecule has 0 aromatic carbocycles. The lowest BCUT2D eigenvalue weighted by Gasteiger charge is -2.19. The van der Waals surface area contributed by atoms with E-state index in [9.17, 15) is 4.79 Å². The molecule has 1 aromatic heterocycles. The van der Waals surface area contributed by atoms with E-state index in [4.69, 9.17) is 16.3 Å². The summed E-state index contributed by atoms with van der Waals surface area (Å²) in [5.74, 6) is 0.482. The molecule has 84 valence electrons. The lowest BCUT2D eigenvalue weighted by Crippen LogP contribution is -2.32. The molecule has 0 aliphatic heterocycles. The molecular weight excluding hydrogens is 238 g/mol. The summed E-state index contributed by atoms with van der Waals surface area (Å²) in [7, 11) is 0. The maximum absolute atomic E-state index is 11.2. The van der Waals surface area contributed by atoms with Crippen LogP contribution in [0.25, 0.3) is 0 Å². The fraction of sp³-hybridized carbons (Fsp3) is 0.625. The van der Waals surface area contributed by atoms with Gasteiger partial charge in [0.1, 0.15) is 5.60 Å². The van der Waals surface area contributed by atoms with Gasteiger partial charge in [0.05, 0.1) is 6.54 Å². The van der Waals surface area contributed by atoms with Crippen LogP contribution in [0.15, 0.2) is 0 Å². The molecule has 0 unspecified atom stereocenters. The van der Waals surface area contributed by atoms with Crippen molar-refractivity contribution >= 4 is 29.2 Å². The average molecular weight is 250 g/mol. The van der Waals surface area contributed by atoms with Crippen LogP contribution in [-0.2, 0) is 11.3 Å². The first kappa shape index (κ1) is 12.2. The summed E-state index contributed by atoms with van der Waals surface area (Å²) in [4.78, 5) is 15.1. The van der Waals surface area contributed by atoms with Gasteiger partial charge in [0.15, 0.2) is 5.82 Å². The Hall–Kier alpha value is -0.880. The van der Waals surface area contributed by atoms with Crippen LogP contribution in [0.1, 0.15) is 26.6 Å². The topological polar surface area (TPSA) is 64.1 Å². The third-order valence-electron chi connectivity index (χ3n) is 1.23. The largest absolute Gasteiger partial charge is 0.444 e. The molecule has 1 N–H and O–H groups in total. The van der Waals surface area contributed by atoms with Gasteiger partial charge in [-0.15, -0.1) is 0 Å². The first-order valence-corrected chi connectivity index (χ1v) is 5.47. The number of hydrogen-bond acceptors (Lipinski definition) is 5. The Bertz CT molecular complexity index is 348. The van der Waals surface area contributed by atoms with Crippen molar-refractivity contribution in [3.8, 4) is 0 Å². The van der Waals surface area contributed by atoms with Gasteiger partial charge >= 0.3 is 6.09 Å². The third-order valence-corrected chi connectivity index (χ3v) is 2.07. The lowest BCUT2D eigenvalue weighted by atomic mass is 10.2. The summed E-state index contributed by atoms with van der Waals surface area (Å²) in [5.41, 5.74) is -0.503. The van der Waals surface area contributed by atoms with E-state index in [2.05, 4.69) is 14.7 Å². The molecule has 5 nitrogen and oxygen atoms in total. The predicted molar refractivity (Wildman–Crippen MR) is 58.0 cm³/mol. The van der Waals surface area contributed by atoms with Crippen LogP contribution in [-0.4, -0.2) is 21.1 Å². The normalized spacial score (nSPS) is 11.2. The Kier molecular flexibility index (Phi) is 3.87. The van der Waals surface area contributed by atoms with Crippen LogP contribution in [0.2, 0.25) is 4.47 Å². The molecule has 0 aliphatic carbocycles. The van der Waals surface area contributed by atoms with E-state index in [0.717, 1.165) is 11.5 Å². The van der Waals surface area contributed by atoms with Gasteiger partial charge in [0, 0.05) is 0 Å². The lowest BCUT2D eigenvalue weighted by molar-refractivity contribution is 0.0522. The highest BCUT2D eigenvalue weighted by Crippen LogP contribution is 2.10. The zero-order valence-corrected chi connectivity index (χ0v) is 10.3.